The number of carbonyl (C=O) groups excluding carboxylic acids is 1. The number of sulfonamides is 1. The minimum atomic E-state index is -3.87. The van der Waals surface area contributed by atoms with Gasteiger partial charge in [0.1, 0.15) is 16.4 Å². The monoisotopic (exact) mass is 333 g/mol. The van der Waals surface area contributed by atoms with Crippen LogP contribution in [0.2, 0.25) is 0 Å². The lowest BCUT2D eigenvalue weighted by molar-refractivity contribution is 0.0864. The summed E-state index contributed by atoms with van der Waals surface area (Å²) in [5, 5.41) is 0. The first kappa shape index (κ1) is 15.4. The molecule has 0 bridgehead atoms. The van der Waals surface area contributed by atoms with Crippen molar-refractivity contribution in [3.8, 4) is 11.5 Å². The van der Waals surface area contributed by atoms with Gasteiger partial charge in [-0.05, 0) is 24.3 Å². The van der Waals surface area contributed by atoms with E-state index in [-0.39, 0.29) is 17.0 Å². The molecule has 2 aromatic carbocycles. The van der Waals surface area contributed by atoms with Crippen molar-refractivity contribution in [1.29, 1.82) is 0 Å². The molecule has 1 aliphatic rings. The summed E-state index contributed by atoms with van der Waals surface area (Å²) in [5.74, 6) is 0.375. The molecule has 1 aliphatic heterocycles. The second-order valence-corrected chi connectivity index (χ2v) is 6.78. The van der Waals surface area contributed by atoms with Crippen LogP contribution < -0.4 is 9.47 Å². The number of nitrogens with zero attached hydrogens (tertiary/aromatic N) is 1. The lowest BCUT2D eigenvalue weighted by Crippen LogP contribution is -2.29. The van der Waals surface area contributed by atoms with E-state index in [0.29, 0.717) is 17.1 Å². The fourth-order valence-electron chi connectivity index (χ4n) is 2.61. The van der Waals surface area contributed by atoms with E-state index in [1.54, 1.807) is 30.3 Å². The average Bonchev–Trinajstić information content (AvgIpc) is 2.76. The summed E-state index contributed by atoms with van der Waals surface area (Å²) in [6.07, 6.45) is 0. The van der Waals surface area contributed by atoms with Gasteiger partial charge in [0.15, 0.2) is 0 Å². The van der Waals surface area contributed by atoms with Crippen LogP contribution in [0.5, 0.6) is 11.5 Å². The zero-order valence-electron chi connectivity index (χ0n) is 12.6. The zero-order chi connectivity index (χ0) is 16.6. The van der Waals surface area contributed by atoms with Crippen LogP contribution >= 0.6 is 0 Å². The van der Waals surface area contributed by atoms with E-state index in [1.165, 1.54) is 26.4 Å². The predicted molar refractivity (Wildman–Crippen MR) is 83.0 cm³/mol. The van der Waals surface area contributed by atoms with E-state index in [9.17, 15) is 13.2 Å². The quantitative estimate of drug-likeness (QED) is 0.856. The van der Waals surface area contributed by atoms with Gasteiger partial charge in [-0.2, -0.15) is 0 Å². The van der Waals surface area contributed by atoms with Crippen LogP contribution in [0.15, 0.2) is 47.4 Å². The maximum absolute atomic E-state index is 12.6. The van der Waals surface area contributed by atoms with Crippen molar-refractivity contribution in [2.75, 3.05) is 14.2 Å². The van der Waals surface area contributed by atoms with Crippen molar-refractivity contribution in [1.82, 2.24) is 4.31 Å². The molecule has 0 fully saturated rings. The molecule has 0 saturated carbocycles. The Hall–Kier alpha value is -2.54. The highest BCUT2D eigenvalue weighted by Gasteiger charge is 2.41. The van der Waals surface area contributed by atoms with Gasteiger partial charge in [0.2, 0.25) is 0 Å². The zero-order valence-corrected chi connectivity index (χ0v) is 13.5. The first-order valence-corrected chi connectivity index (χ1v) is 8.30. The lowest BCUT2D eigenvalue weighted by Gasteiger charge is -2.19. The summed E-state index contributed by atoms with van der Waals surface area (Å²) in [6.45, 7) is -0.150. The molecular weight excluding hydrogens is 318 g/mol. The highest BCUT2D eigenvalue weighted by Crippen LogP contribution is 2.35. The van der Waals surface area contributed by atoms with Gasteiger partial charge in [-0.15, -0.1) is 0 Å². The Kier molecular flexibility index (Phi) is 3.73. The molecule has 1 heterocycles. The molecule has 3 rings (SSSR count). The Morgan fingerprint density at radius 3 is 2.13 bits per heavy atom. The van der Waals surface area contributed by atoms with Crippen LogP contribution in [-0.4, -0.2) is 32.8 Å². The Labute approximate surface area is 134 Å². The van der Waals surface area contributed by atoms with Crippen molar-refractivity contribution in [3.63, 3.8) is 0 Å². The Balaban J connectivity index is 2.08. The van der Waals surface area contributed by atoms with Crippen LogP contribution in [0.3, 0.4) is 0 Å². The third-order valence-corrected chi connectivity index (χ3v) is 5.53. The first-order valence-electron chi connectivity index (χ1n) is 6.86. The summed E-state index contributed by atoms with van der Waals surface area (Å²) in [4.78, 5) is 12.5. The van der Waals surface area contributed by atoms with Crippen molar-refractivity contribution in [2.45, 2.75) is 11.4 Å². The maximum atomic E-state index is 12.6. The normalized spacial score (nSPS) is 15.4. The Morgan fingerprint density at radius 2 is 1.57 bits per heavy atom. The van der Waals surface area contributed by atoms with E-state index < -0.39 is 15.9 Å². The Morgan fingerprint density at radius 1 is 0.957 bits per heavy atom. The minimum Gasteiger partial charge on any atom is -0.496 e. The molecule has 7 heteroatoms. The molecule has 0 unspecified atom stereocenters. The number of hydrogen-bond donors (Lipinski definition) is 0. The first-order chi connectivity index (χ1) is 11.0. The second kappa shape index (κ2) is 5.58. The van der Waals surface area contributed by atoms with Gasteiger partial charge in [-0.25, -0.2) is 12.7 Å². The third kappa shape index (κ3) is 2.33. The van der Waals surface area contributed by atoms with Gasteiger partial charge in [0, 0.05) is 0 Å². The number of fused-ring (bicyclic) bond motifs is 1. The van der Waals surface area contributed by atoms with Crippen molar-refractivity contribution < 1.29 is 22.7 Å². The van der Waals surface area contributed by atoms with E-state index >= 15 is 0 Å². The molecule has 0 saturated heterocycles. The number of carbonyl (C=O) groups is 1. The molecule has 1 amide bonds. The van der Waals surface area contributed by atoms with Gasteiger partial charge in [-0.3, -0.25) is 4.79 Å². The van der Waals surface area contributed by atoms with Crippen LogP contribution in [0.1, 0.15) is 15.9 Å². The van der Waals surface area contributed by atoms with Gasteiger partial charge in [-0.1, -0.05) is 18.2 Å². The second-order valence-electron chi connectivity index (χ2n) is 4.95. The smallest absolute Gasteiger partial charge is 0.269 e. The average molecular weight is 333 g/mol. The topological polar surface area (TPSA) is 72.9 Å². The lowest BCUT2D eigenvalue weighted by atomic mass is 10.1. The SMILES string of the molecule is COc1cccc(OC)c1CN1C(=O)c2ccccc2S1(=O)=O. The number of benzene rings is 2. The molecule has 0 aromatic heterocycles. The number of ether oxygens (including phenoxy) is 2. The van der Waals surface area contributed by atoms with Gasteiger partial charge in [0.25, 0.3) is 15.9 Å². The van der Waals surface area contributed by atoms with Gasteiger partial charge < -0.3 is 9.47 Å². The van der Waals surface area contributed by atoms with Gasteiger partial charge in [0.05, 0.1) is 31.9 Å². The van der Waals surface area contributed by atoms with Crippen LogP contribution in [0.4, 0.5) is 0 Å². The summed E-state index contributed by atoms with van der Waals surface area (Å²) >= 11 is 0. The minimum absolute atomic E-state index is 0.0267. The van der Waals surface area contributed by atoms with Crippen LogP contribution in [0, 0.1) is 0 Å². The Bertz CT molecular complexity index is 854. The fourth-order valence-corrected chi connectivity index (χ4v) is 4.15. The molecule has 0 aliphatic carbocycles. The molecule has 0 N–H and O–H groups in total. The highest BCUT2D eigenvalue weighted by molar-refractivity contribution is 7.90. The number of hydrogen-bond acceptors (Lipinski definition) is 5. The number of amides is 1. The number of methoxy groups -OCH3 is 2. The third-order valence-electron chi connectivity index (χ3n) is 3.74. The number of rotatable bonds is 4. The summed E-state index contributed by atoms with van der Waals surface area (Å²) < 4.78 is 36.6. The standard InChI is InChI=1S/C16H15NO5S/c1-21-13-7-5-8-14(22-2)12(13)10-17-16(18)11-6-3-4-9-15(11)23(17,19)20/h3-9H,10H2,1-2H3. The molecule has 23 heavy (non-hydrogen) atoms. The van der Waals surface area contributed by atoms with E-state index in [4.69, 9.17) is 9.47 Å². The highest BCUT2D eigenvalue weighted by atomic mass is 32.2. The van der Waals surface area contributed by atoms with E-state index in [0.717, 1.165) is 4.31 Å². The van der Waals surface area contributed by atoms with Crippen LogP contribution in [0.25, 0.3) is 0 Å². The largest absolute Gasteiger partial charge is 0.496 e. The summed E-state index contributed by atoms with van der Waals surface area (Å²) in [5.41, 5.74) is 0.684. The molecule has 0 spiro atoms. The summed E-state index contributed by atoms with van der Waals surface area (Å²) in [6, 6.07) is 11.3. The summed E-state index contributed by atoms with van der Waals surface area (Å²) in [7, 11) is -0.912. The maximum Gasteiger partial charge on any atom is 0.269 e. The molecule has 0 atom stereocenters. The molecule has 6 nitrogen and oxygen atoms in total. The molecule has 2 aromatic rings. The molecular formula is C16H15NO5S. The fraction of sp³-hybridized carbons (Fsp3) is 0.188. The van der Waals surface area contributed by atoms with Gasteiger partial charge >= 0.3 is 0 Å². The van der Waals surface area contributed by atoms with Crippen molar-refractivity contribution in [3.05, 3.63) is 53.6 Å². The molecule has 120 valence electrons. The van der Waals surface area contributed by atoms with E-state index in [1.807, 2.05) is 0 Å². The van der Waals surface area contributed by atoms with E-state index in [2.05, 4.69) is 0 Å². The van der Waals surface area contributed by atoms with Crippen LogP contribution in [-0.2, 0) is 16.6 Å². The van der Waals surface area contributed by atoms with Crippen molar-refractivity contribution >= 4 is 15.9 Å². The predicted octanol–water partition coefficient (Wildman–Crippen LogP) is 2.05. The molecule has 0 radical (unpaired) electrons. The van der Waals surface area contributed by atoms with Crippen molar-refractivity contribution in [2.24, 2.45) is 0 Å².